The van der Waals surface area contributed by atoms with Crippen molar-refractivity contribution in [1.82, 2.24) is 20.0 Å². The Bertz CT molecular complexity index is 990. The number of aryl methyl sites for hydroxylation is 3. The van der Waals surface area contributed by atoms with E-state index in [1.807, 2.05) is 67.8 Å². The summed E-state index contributed by atoms with van der Waals surface area (Å²) >= 11 is 0. The van der Waals surface area contributed by atoms with Crippen LogP contribution in [0.2, 0.25) is 0 Å². The number of carbonyl (C=O) groups excluding carboxylic acids is 2. The van der Waals surface area contributed by atoms with Crippen LogP contribution in [0.25, 0.3) is 5.65 Å². The van der Waals surface area contributed by atoms with Crippen molar-refractivity contribution < 1.29 is 9.59 Å². The van der Waals surface area contributed by atoms with Crippen molar-refractivity contribution in [3.05, 3.63) is 70.7 Å². The summed E-state index contributed by atoms with van der Waals surface area (Å²) < 4.78 is 1.81. The first kappa shape index (κ1) is 19.6. The van der Waals surface area contributed by atoms with Crippen LogP contribution in [-0.2, 0) is 11.3 Å². The monoisotopic (exact) mass is 378 g/mol. The Morgan fingerprint density at radius 2 is 1.79 bits per heavy atom. The van der Waals surface area contributed by atoms with Gasteiger partial charge < -0.3 is 10.6 Å². The molecule has 28 heavy (non-hydrogen) atoms. The quantitative estimate of drug-likeness (QED) is 0.621. The van der Waals surface area contributed by atoms with E-state index in [0.717, 1.165) is 16.8 Å². The number of imidazole rings is 1. The van der Waals surface area contributed by atoms with Gasteiger partial charge in [-0.15, -0.1) is 0 Å². The predicted octanol–water partition coefficient (Wildman–Crippen LogP) is 3.09. The molecule has 0 aliphatic heterocycles. The van der Waals surface area contributed by atoms with E-state index in [9.17, 15) is 9.59 Å². The summed E-state index contributed by atoms with van der Waals surface area (Å²) in [6.45, 7) is 6.80. The highest BCUT2D eigenvalue weighted by Gasteiger charge is 2.16. The molecule has 3 rings (SSSR count). The van der Waals surface area contributed by atoms with Gasteiger partial charge in [-0.25, -0.2) is 4.98 Å². The molecule has 6 heteroatoms. The maximum Gasteiger partial charge on any atom is 0.270 e. The predicted molar refractivity (Wildman–Crippen MR) is 109 cm³/mol. The van der Waals surface area contributed by atoms with Crippen LogP contribution in [-0.4, -0.2) is 27.7 Å². The average molecular weight is 378 g/mol. The van der Waals surface area contributed by atoms with E-state index in [0.29, 0.717) is 37.3 Å². The Morgan fingerprint density at radius 1 is 1.04 bits per heavy atom. The molecule has 2 amide bonds. The topological polar surface area (TPSA) is 75.5 Å². The molecule has 0 fully saturated rings. The Labute approximate surface area is 165 Å². The fraction of sp³-hybridized carbons (Fsp3) is 0.318. The van der Waals surface area contributed by atoms with Gasteiger partial charge in [0.1, 0.15) is 11.3 Å². The van der Waals surface area contributed by atoms with Crippen molar-refractivity contribution >= 4 is 17.5 Å². The van der Waals surface area contributed by atoms with Crippen LogP contribution in [0, 0.1) is 20.8 Å². The molecular formula is C22H26N4O2. The molecule has 0 unspecified atom stereocenters. The van der Waals surface area contributed by atoms with Crippen LogP contribution in [0.15, 0.2) is 42.6 Å². The van der Waals surface area contributed by atoms with E-state index in [1.54, 1.807) is 0 Å². The number of amides is 2. The lowest BCUT2D eigenvalue weighted by molar-refractivity contribution is -0.121. The number of aromatic nitrogens is 2. The zero-order chi connectivity index (χ0) is 20.1. The third kappa shape index (κ3) is 4.57. The smallest absolute Gasteiger partial charge is 0.270 e. The number of fused-ring (bicyclic) bond motifs is 1. The molecule has 0 aliphatic rings. The lowest BCUT2D eigenvalue weighted by atomic mass is 10.1. The second kappa shape index (κ2) is 8.69. The number of pyridine rings is 1. The summed E-state index contributed by atoms with van der Waals surface area (Å²) in [4.78, 5) is 29.0. The fourth-order valence-electron chi connectivity index (χ4n) is 3.12. The second-order valence-corrected chi connectivity index (χ2v) is 7.05. The van der Waals surface area contributed by atoms with Crippen LogP contribution < -0.4 is 10.6 Å². The van der Waals surface area contributed by atoms with E-state index < -0.39 is 0 Å². The van der Waals surface area contributed by atoms with Gasteiger partial charge in [-0.1, -0.05) is 35.9 Å². The lowest BCUT2D eigenvalue weighted by Crippen LogP contribution is -2.28. The van der Waals surface area contributed by atoms with Crippen molar-refractivity contribution in [3.8, 4) is 0 Å². The summed E-state index contributed by atoms with van der Waals surface area (Å²) in [6.07, 6.45) is 2.80. The van der Waals surface area contributed by atoms with Gasteiger partial charge in [-0.3, -0.25) is 14.0 Å². The van der Waals surface area contributed by atoms with Crippen LogP contribution >= 0.6 is 0 Å². The van der Waals surface area contributed by atoms with E-state index in [2.05, 4.69) is 15.6 Å². The zero-order valence-corrected chi connectivity index (χ0v) is 16.6. The highest BCUT2D eigenvalue weighted by molar-refractivity contribution is 5.94. The average Bonchev–Trinajstić information content (AvgIpc) is 3.02. The first-order valence-electron chi connectivity index (χ1n) is 9.50. The molecule has 3 aromatic rings. The van der Waals surface area contributed by atoms with Gasteiger partial charge in [0.15, 0.2) is 0 Å². The van der Waals surface area contributed by atoms with Crippen LogP contribution in [0.1, 0.15) is 45.7 Å². The first-order chi connectivity index (χ1) is 13.5. The number of nitrogens with zero attached hydrogens (tertiary/aromatic N) is 2. The Kier molecular flexibility index (Phi) is 6.09. The number of rotatable bonds is 7. The van der Waals surface area contributed by atoms with E-state index in [-0.39, 0.29) is 11.8 Å². The van der Waals surface area contributed by atoms with E-state index in [4.69, 9.17) is 0 Å². The Balaban J connectivity index is 1.46. The van der Waals surface area contributed by atoms with Gasteiger partial charge in [0.25, 0.3) is 5.91 Å². The van der Waals surface area contributed by atoms with Gasteiger partial charge >= 0.3 is 0 Å². The molecule has 2 heterocycles. The van der Waals surface area contributed by atoms with Gasteiger partial charge in [0.05, 0.1) is 5.69 Å². The number of hydrogen-bond donors (Lipinski definition) is 2. The minimum atomic E-state index is -0.171. The molecule has 2 aromatic heterocycles. The standard InChI is InChI=1S/C22H26N4O2/c1-15-8-10-18(11-9-15)14-24-19(27)7-4-12-23-22(28)20-17(3)25-21-16(2)6-5-13-26(20)21/h5-6,8-11,13H,4,7,12,14H2,1-3H3,(H,23,28)(H,24,27). The minimum absolute atomic E-state index is 0.0172. The molecule has 1 aromatic carbocycles. The molecule has 0 saturated heterocycles. The molecule has 0 atom stereocenters. The highest BCUT2D eigenvalue weighted by Crippen LogP contribution is 2.15. The van der Waals surface area contributed by atoms with Gasteiger partial charge in [0.2, 0.25) is 5.91 Å². The maximum absolute atomic E-state index is 12.6. The SMILES string of the molecule is Cc1ccc(CNC(=O)CCCNC(=O)c2c(C)nc3c(C)cccn23)cc1. The molecule has 0 aliphatic carbocycles. The highest BCUT2D eigenvalue weighted by atomic mass is 16.2. The Hall–Kier alpha value is -3.15. The van der Waals surface area contributed by atoms with Gasteiger partial charge in [-0.05, 0) is 44.4 Å². The first-order valence-corrected chi connectivity index (χ1v) is 9.50. The maximum atomic E-state index is 12.6. The molecular weight excluding hydrogens is 352 g/mol. The largest absolute Gasteiger partial charge is 0.352 e. The molecule has 0 radical (unpaired) electrons. The summed E-state index contributed by atoms with van der Waals surface area (Å²) in [7, 11) is 0. The Morgan fingerprint density at radius 3 is 2.54 bits per heavy atom. The number of nitrogens with one attached hydrogen (secondary N) is 2. The third-order valence-electron chi connectivity index (χ3n) is 4.71. The van der Waals surface area contributed by atoms with E-state index in [1.165, 1.54) is 5.56 Å². The number of hydrogen-bond acceptors (Lipinski definition) is 3. The van der Waals surface area contributed by atoms with Crippen molar-refractivity contribution in [2.45, 2.75) is 40.2 Å². The van der Waals surface area contributed by atoms with E-state index >= 15 is 0 Å². The third-order valence-corrected chi connectivity index (χ3v) is 4.71. The van der Waals surface area contributed by atoms with Crippen LogP contribution in [0.4, 0.5) is 0 Å². The normalized spacial score (nSPS) is 10.8. The lowest BCUT2D eigenvalue weighted by Gasteiger charge is -2.08. The van der Waals surface area contributed by atoms with Crippen molar-refractivity contribution in [3.63, 3.8) is 0 Å². The van der Waals surface area contributed by atoms with Crippen LogP contribution in [0.3, 0.4) is 0 Å². The van der Waals surface area contributed by atoms with Gasteiger partial charge in [-0.2, -0.15) is 0 Å². The summed E-state index contributed by atoms with van der Waals surface area (Å²) in [5.74, 6) is -0.188. The fourth-order valence-corrected chi connectivity index (χ4v) is 3.12. The zero-order valence-electron chi connectivity index (χ0n) is 16.6. The number of benzene rings is 1. The minimum Gasteiger partial charge on any atom is -0.352 e. The molecule has 146 valence electrons. The molecule has 0 bridgehead atoms. The number of carbonyl (C=O) groups is 2. The van der Waals surface area contributed by atoms with Crippen molar-refractivity contribution in [2.75, 3.05) is 6.54 Å². The van der Waals surface area contributed by atoms with Gasteiger partial charge in [0, 0.05) is 25.7 Å². The molecule has 0 saturated carbocycles. The molecule has 6 nitrogen and oxygen atoms in total. The van der Waals surface area contributed by atoms with Crippen molar-refractivity contribution in [1.29, 1.82) is 0 Å². The van der Waals surface area contributed by atoms with Crippen LogP contribution in [0.5, 0.6) is 0 Å². The summed E-state index contributed by atoms with van der Waals surface area (Å²) in [5, 5.41) is 5.80. The summed E-state index contributed by atoms with van der Waals surface area (Å²) in [5.41, 5.74) is 5.33. The van der Waals surface area contributed by atoms with Crippen molar-refractivity contribution in [2.24, 2.45) is 0 Å². The second-order valence-electron chi connectivity index (χ2n) is 7.05. The molecule has 2 N–H and O–H groups in total. The molecule has 0 spiro atoms. The summed E-state index contributed by atoms with van der Waals surface area (Å²) in [6, 6.07) is 11.9.